The molecule has 2 nitrogen and oxygen atoms in total. The lowest BCUT2D eigenvalue weighted by Gasteiger charge is -2.00. The van der Waals surface area contributed by atoms with Gasteiger partial charge in [0.25, 0.3) is 0 Å². The van der Waals surface area contributed by atoms with Crippen molar-refractivity contribution in [2.24, 2.45) is 0 Å². The van der Waals surface area contributed by atoms with Crippen molar-refractivity contribution in [3.8, 4) is 0 Å². The van der Waals surface area contributed by atoms with Crippen LogP contribution in [-0.4, -0.2) is 16.3 Å². The minimum Gasteiger partial charge on any atom is -0.512 e. The highest BCUT2D eigenvalue weighted by atomic mass is 16.3. The van der Waals surface area contributed by atoms with Gasteiger partial charge in [-0.2, -0.15) is 0 Å². The van der Waals surface area contributed by atoms with E-state index in [1.54, 1.807) is 43.4 Å². The molecule has 15 heavy (non-hydrogen) atoms. The monoisotopic (exact) mass is 206 g/mol. The summed E-state index contributed by atoms with van der Waals surface area (Å²) in [7, 11) is 0. The highest BCUT2D eigenvalue weighted by molar-refractivity contribution is 5.23. The molecule has 0 fully saturated rings. The molecule has 0 spiro atoms. The van der Waals surface area contributed by atoms with Crippen LogP contribution in [0.4, 0.5) is 0 Å². The third kappa shape index (κ3) is 7.52. The fraction of sp³-hybridized carbons (Fsp3) is 0.231. The van der Waals surface area contributed by atoms with Crippen LogP contribution in [0.5, 0.6) is 0 Å². The van der Waals surface area contributed by atoms with E-state index in [2.05, 4.69) is 13.2 Å². The smallest absolute Gasteiger partial charge is 0.0960 e. The number of aliphatic hydroxyl groups is 2. The number of hydrogen-bond acceptors (Lipinski definition) is 2. The van der Waals surface area contributed by atoms with Crippen molar-refractivity contribution < 1.29 is 10.2 Å². The Morgan fingerprint density at radius 1 is 1.40 bits per heavy atom. The zero-order valence-corrected chi connectivity index (χ0v) is 9.06. The van der Waals surface area contributed by atoms with Crippen LogP contribution in [0.15, 0.2) is 60.9 Å². The van der Waals surface area contributed by atoms with E-state index < -0.39 is 6.10 Å². The number of rotatable bonds is 6. The average molecular weight is 206 g/mol. The molecule has 0 aromatic rings. The van der Waals surface area contributed by atoms with Crippen LogP contribution >= 0.6 is 0 Å². The van der Waals surface area contributed by atoms with Gasteiger partial charge in [-0.15, -0.1) is 0 Å². The topological polar surface area (TPSA) is 40.5 Å². The standard InChI is InChI=1S/C13H18O2/c1-4-5-6-9-13(15)10-7-8-11(2)12(3)14/h4-8,10,12,14-15H,1-2,9H2,3H3/b6-5-,8-7-,13-10+. The van der Waals surface area contributed by atoms with Crippen LogP contribution in [0.3, 0.4) is 0 Å². The predicted molar refractivity (Wildman–Crippen MR) is 64.6 cm³/mol. The Bertz CT molecular complexity index is 294. The number of allylic oxidation sites excluding steroid dienone is 5. The molecule has 0 rings (SSSR count). The normalized spacial score (nSPS) is 14.7. The van der Waals surface area contributed by atoms with E-state index in [1.807, 2.05) is 0 Å². The first-order valence-electron chi connectivity index (χ1n) is 4.78. The highest BCUT2D eigenvalue weighted by Gasteiger charge is 1.94. The quantitative estimate of drug-likeness (QED) is 0.518. The summed E-state index contributed by atoms with van der Waals surface area (Å²) >= 11 is 0. The Balaban J connectivity index is 4.09. The van der Waals surface area contributed by atoms with E-state index in [-0.39, 0.29) is 5.76 Å². The molecule has 0 aliphatic carbocycles. The lowest BCUT2D eigenvalue weighted by Crippen LogP contribution is -1.99. The molecule has 0 aliphatic heterocycles. The van der Waals surface area contributed by atoms with Gasteiger partial charge < -0.3 is 10.2 Å². The summed E-state index contributed by atoms with van der Waals surface area (Å²) < 4.78 is 0. The molecule has 0 heterocycles. The van der Waals surface area contributed by atoms with Crippen LogP contribution in [0.25, 0.3) is 0 Å². The first-order chi connectivity index (χ1) is 7.07. The fourth-order valence-corrected chi connectivity index (χ4v) is 0.775. The van der Waals surface area contributed by atoms with Gasteiger partial charge in [0.05, 0.1) is 11.9 Å². The van der Waals surface area contributed by atoms with E-state index in [0.29, 0.717) is 12.0 Å². The van der Waals surface area contributed by atoms with E-state index in [4.69, 9.17) is 5.11 Å². The fourth-order valence-electron chi connectivity index (χ4n) is 0.775. The molecule has 0 radical (unpaired) electrons. The van der Waals surface area contributed by atoms with Crippen molar-refractivity contribution in [3.05, 3.63) is 60.9 Å². The minimum atomic E-state index is -0.558. The molecule has 2 N–H and O–H groups in total. The van der Waals surface area contributed by atoms with Crippen LogP contribution < -0.4 is 0 Å². The third-order valence-corrected chi connectivity index (χ3v) is 1.73. The summed E-state index contributed by atoms with van der Waals surface area (Å²) in [6, 6.07) is 0. The van der Waals surface area contributed by atoms with Gasteiger partial charge in [0, 0.05) is 6.42 Å². The highest BCUT2D eigenvalue weighted by Crippen LogP contribution is 2.02. The Morgan fingerprint density at radius 3 is 2.60 bits per heavy atom. The van der Waals surface area contributed by atoms with Crippen molar-refractivity contribution in [2.75, 3.05) is 0 Å². The summed E-state index contributed by atoms with van der Waals surface area (Å²) in [5.41, 5.74) is 0.612. The van der Waals surface area contributed by atoms with E-state index >= 15 is 0 Å². The predicted octanol–water partition coefficient (Wildman–Crippen LogP) is 3.05. The van der Waals surface area contributed by atoms with Crippen LogP contribution in [-0.2, 0) is 0 Å². The second kappa shape index (κ2) is 7.83. The number of hydrogen-bond donors (Lipinski definition) is 2. The molecule has 2 heteroatoms. The summed E-state index contributed by atoms with van der Waals surface area (Å²) in [6.07, 6.45) is 10.0. The molecule has 0 saturated carbocycles. The summed E-state index contributed by atoms with van der Waals surface area (Å²) in [5, 5.41) is 18.5. The lowest BCUT2D eigenvalue weighted by molar-refractivity contribution is 0.236. The van der Waals surface area contributed by atoms with Gasteiger partial charge >= 0.3 is 0 Å². The van der Waals surface area contributed by atoms with E-state index in [1.165, 1.54) is 0 Å². The summed E-state index contributed by atoms with van der Waals surface area (Å²) in [6.45, 7) is 8.81. The molecule has 82 valence electrons. The van der Waals surface area contributed by atoms with Crippen molar-refractivity contribution in [2.45, 2.75) is 19.4 Å². The summed E-state index contributed by atoms with van der Waals surface area (Å²) in [4.78, 5) is 0. The van der Waals surface area contributed by atoms with E-state index in [0.717, 1.165) is 0 Å². The number of aliphatic hydroxyl groups excluding tert-OH is 2. The average Bonchev–Trinajstić information content (AvgIpc) is 2.18. The second-order valence-electron chi connectivity index (χ2n) is 3.14. The van der Waals surface area contributed by atoms with Crippen LogP contribution in [0, 0.1) is 0 Å². The summed E-state index contributed by atoms with van der Waals surface area (Å²) in [5.74, 6) is 0.253. The molecule has 0 aromatic heterocycles. The molecule has 0 amide bonds. The van der Waals surface area contributed by atoms with Crippen molar-refractivity contribution >= 4 is 0 Å². The largest absolute Gasteiger partial charge is 0.512 e. The Labute approximate surface area is 91.3 Å². The van der Waals surface area contributed by atoms with Crippen molar-refractivity contribution in [1.82, 2.24) is 0 Å². The maximum absolute atomic E-state index is 9.36. The molecule has 1 atom stereocenters. The van der Waals surface area contributed by atoms with E-state index in [9.17, 15) is 5.11 Å². The van der Waals surface area contributed by atoms with Crippen LogP contribution in [0.1, 0.15) is 13.3 Å². The van der Waals surface area contributed by atoms with Gasteiger partial charge in [0.15, 0.2) is 0 Å². The minimum absolute atomic E-state index is 0.253. The molecule has 0 aromatic carbocycles. The third-order valence-electron chi connectivity index (χ3n) is 1.73. The lowest BCUT2D eigenvalue weighted by atomic mass is 10.2. The van der Waals surface area contributed by atoms with Gasteiger partial charge in [-0.05, 0) is 18.6 Å². The maximum Gasteiger partial charge on any atom is 0.0960 e. The van der Waals surface area contributed by atoms with Crippen molar-refractivity contribution in [3.63, 3.8) is 0 Å². The molecular formula is C13H18O2. The maximum atomic E-state index is 9.36. The SMILES string of the molecule is C=C/C=C\C/C(O)=C\C=C/C(=C)C(C)O. The molecule has 1 unspecified atom stereocenters. The first-order valence-corrected chi connectivity index (χ1v) is 4.78. The van der Waals surface area contributed by atoms with Gasteiger partial charge in [0.2, 0.25) is 0 Å². The molecule has 0 bridgehead atoms. The molecule has 0 saturated heterocycles. The Hall–Kier alpha value is -1.54. The first kappa shape index (κ1) is 13.5. The Kier molecular flexibility index (Phi) is 7.02. The zero-order valence-electron chi connectivity index (χ0n) is 9.06. The Morgan fingerprint density at radius 2 is 2.07 bits per heavy atom. The zero-order chi connectivity index (χ0) is 11.7. The van der Waals surface area contributed by atoms with Gasteiger partial charge in [-0.1, -0.05) is 43.5 Å². The van der Waals surface area contributed by atoms with Gasteiger partial charge in [-0.25, -0.2) is 0 Å². The molecular weight excluding hydrogens is 188 g/mol. The second-order valence-corrected chi connectivity index (χ2v) is 3.14. The van der Waals surface area contributed by atoms with Gasteiger partial charge in [0.1, 0.15) is 0 Å². The van der Waals surface area contributed by atoms with Crippen LogP contribution in [0.2, 0.25) is 0 Å². The van der Waals surface area contributed by atoms with Gasteiger partial charge in [-0.3, -0.25) is 0 Å². The molecule has 0 aliphatic rings. The van der Waals surface area contributed by atoms with Crippen molar-refractivity contribution in [1.29, 1.82) is 0 Å².